The topological polar surface area (TPSA) is 63.4 Å². The molecule has 0 saturated carbocycles. The van der Waals surface area contributed by atoms with Gasteiger partial charge in [0, 0.05) is 30.7 Å². The first-order valence-corrected chi connectivity index (χ1v) is 5.00. The minimum absolute atomic E-state index is 0.0528. The minimum atomic E-state index is -0.432. The van der Waals surface area contributed by atoms with Crippen molar-refractivity contribution in [3.8, 4) is 11.8 Å². The van der Waals surface area contributed by atoms with Crippen LogP contribution in [0.3, 0.4) is 0 Å². The molecule has 1 aromatic carbocycles. The normalized spacial score (nSPS) is 9.38. The van der Waals surface area contributed by atoms with Gasteiger partial charge in [0.05, 0.1) is 4.92 Å². The molecule has 0 radical (unpaired) electrons. The second-order valence-electron chi connectivity index (χ2n) is 3.39. The first-order valence-electron chi connectivity index (χ1n) is 5.00. The van der Waals surface area contributed by atoms with Crippen LogP contribution >= 0.6 is 0 Å². The maximum absolute atomic E-state index is 10.6. The van der Waals surface area contributed by atoms with E-state index in [-0.39, 0.29) is 12.3 Å². The van der Waals surface area contributed by atoms with Crippen LogP contribution < -0.4 is 0 Å². The number of hydrogen-bond acceptors (Lipinski definition) is 3. The molecule has 0 fully saturated rings. The molecule has 0 amide bonds. The van der Waals surface area contributed by atoms with Crippen molar-refractivity contribution >= 4 is 5.69 Å². The number of nitro benzene ring substituents is 1. The number of nitrogens with zero attached hydrogens (tertiary/aromatic N) is 1. The molecule has 1 aromatic rings. The van der Waals surface area contributed by atoms with Crippen molar-refractivity contribution in [2.24, 2.45) is 0 Å². The monoisotopic (exact) mass is 219 g/mol. The van der Waals surface area contributed by atoms with Crippen molar-refractivity contribution in [1.29, 1.82) is 0 Å². The van der Waals surface area contributed by atoms with Crippen LogP contribution in [0, 0.1) is 28.9 Å². The van der Waals surface area contributed by atoms with Crippen LogP contribution in [0.15, 0.2) is 18.2 Å². The zero-order valence-electron chi connectivity index (χ0n) is 9.06. The second-order valence-corrected chi connectivity index (χ2v) is 3.39. The zero-order chi connectivity index (χ0) is 12.0. The molecule has 0 spiro atoms. The zero-order valence-corrected chi connectivity index (χ0v) is 9.06. The van der Waals surface area contributed by atoms with Gasteiger partial charge in [-0.05, 0) is 18.9 Å². The van der Waals surface area contributed by atoms with E-state index in [4.69, 9.17) is 5.11 Å². The van der Waals surface area contributed by atoms with Crippen LogP contribution in [-0.2, 0) is 0 Å². The highest BCUT2D eigenvalue weighted by Crippen LogP contribution is 2.16. The van der Waals surface area contributed by atoms with E-state index in [1.807, 2.05) is 6.92 Å². The lowest BCUT2D eigenvalue weighted by Crippen LogP contribution is -1.90. The summed E-state index contributed by atoms with van der Waals surface area (Å²) >= 11 is 0. The fraction of sp³-hybridized carbons (Fsp3) is 0.333. The maximum Gasteiger partial charge on any atom is 0.270 e. The summed E-state index contributed by atoms with van der Waals surface area (Å²) in [5.41, 5.74) is 1.64. The molecule has 0 unspecified atom stereocenters. The lowest BCUT2D eigenvalue weighted by molar-refractivity contribution is -0.384. The molecule has 0 heterocycles. The van der Waals surface area contributed by atoms with Crippen LogP contribution in [0.1, 0.15) is 24.0 Å². The Bertz CT molecular complexity index is 443. The van der Waals surface area contributed by atoms with Gasteiger partial charge in [-0.1, -0.05) is 17.9 Å². The standard InChI is InChI=1S/C12H13NO3/c1-10-6-7-12(13(15)16)9-11(10)5-3-2-4-8-14/h6-7,9,14H,2,4,8H2,1H3. The third-order valence-corrected chi connectivity index (χ3v) is 2.11. The summed E-state index contributed by atoms with van der Waals surface area (Å²) in [4.78, 5) is 10.1. The number of non-ortho nitro benzene ring substituents is 1. The third-order valence-electron chi connectivity index (χ3n) is 2.11. The number of rotatable bonds is 3. The quantitative estimate of drug-likeness (QED) is 0.366. The highest BCUT2D eigenvalue weighted by Gasteiger charge is 2.06. The van der Waals surface area contributed by atoms with Gasteiger partial charge in [0.25, 0.3) is 5.69 Å². The average molecular weight is 219 g/mol. The van der Waals surface area contributed by atoms with Crippen LogP contribution in [0.5, 0.6) is 0 Å². The minimum Gasteiger partial charge on any atom is -0.396 e. The van der Waals surface area contributed by atoms with Crippen molar-refractivity contribution in [3.63, 3.8) is 0 Å². The van der Waals surface area contributed by atoms with Gasteiger partial charge in [0.2, 0.25) is 0 Å². The van der Waals surface area contributed by atoms with Crippen LogP contribution in [0.4, 0.5) is 5.69 Å². The Morgan fingerprint density at radius 1 is 1.50 bits per heavy atom. The third kappa shape index (κ3) is 3.37. The van der Waals surface area contributed by atoms with Crippen molar-refractivity contribution < 1.29 is 10.0 Å². The van der Waals surface area contributed by atoms with Gasteiger partial charge in [0.15, 0.2) is 0 Å². The van der Waals surface area contributed by atoms with Gasteiger partial charge < -0.3 is 5.11 Å². The molecule has 1 rings (SSSR count). The number of nitro groups is 1. The van der Waals surface area contributed by atoms with Gasteiger partial charge in [-0.25, -0.2) is 0 Å². The van der Waals surface area contributed by atoms with Crippen LogP contribution in [-0.4, -0.2) is 16.6 Å². The van der Waals surface area contributed by atoms with E-state index in [9.17, 15) is 10.1 Å². The first-order chi connectivity index (χ1) is 7.65. The SMILES string of the molecule is Cc1ccc([N+](=O)[O-])cc1C#CCCCO. The fourth-order valence-corrected chi connectivity index (χ4v) is 1.18. The molecule has 0 aliphatic heterocycles. The summed E-state index contributed by atoms with van der Waals surface area (Å²) in [7, 11) is 0. The van der Waals surface area contributed by atoms with Crippen molar-refractivity contribution in [3.05, 3.63) is 39.4 Å². The van der Waals surface area contributed by atoms with E-state index in [0.29, 0.717) is 18.4 Å². The van der Waals surface area contributed by atoms with Crippen molar-refractivity contribution in [1.82, 2.24) is 0 Å². The van der Waals surface area contributed by atoms with Gasteiger partial charge in [-0.15, -0.1) is 0 Å². The lowest BCUT2D eigenvalue weighted by Gasteiger charge is -1.97. The number of hydrogen-bond donors (Lipinski definition) is 1. The lowest BCUT2D eigenvalue weighted by atomic mass is 10.1. The van der Waals surface area contributed by atoms with E-state index in [2.05, 4.69) is 11.8 Å². The summed E-state index contributed by atoms with van der Waals surface area (Å²) in [6.45, 7) is 1.97. The molecule has 1 N–H and O–H groups in total. The van der Waals surface area contributed by atoms with E-state index in [1.54, 1.807) is 6.07 Å². The van der Waals surface area contributed by atoms with Gasteiger partial charge in [0.1, 0.15) is 0 Å². The van der Waals surface area contributed by atoms with Gasteiger partial charge in [-0.3, -0.25) is 10.1 Å². The predicted molar refractivity (Wildman–Crippen MR) is 61.0 cm³/mol. The largest absolute Gasteiger partial charge is 0.396 e. The van der Waals surface area contributed by atoms with Crippen molar-refractivity contribution in [2.75, 3.05) is 6.61 Å². The van der Waals surface area contributed by atoms with Gasteiger partial charge >= 0.3 is 0 Å². The molecule has 0 saturated heterocycles. The molecule has 0 aliphatic rings. The Kier molecular flexibility index (Phi) is 4.49. The highest BCUT2D eigenvalue weighted by atomic mass is 16.6. The number of aliphatic hydroxyl groups excluding tert-OH is 1. The summed E-state index contributed by atoms with van der Waals surface area (Å²) in [5.74, 6) is 5.75. The Balaban J connectivity index is 2.88. The van der Waals surface area contributed by atoms with Crippen LogP contribution in [0.2, 0.25) is 0 Å². The molecule has 4 nitrogen and oxygen atoms in total. The average Bonchev–Trinajstić information content (AvgIpc) is 2.26. The fourth-order valence-electron chi connectivity index (χ4n) is 1.18. The Morgan fingerprint density at radius 2 is 2.25 bits per heavy atom. The van der Waals surface area contributed by atoms with E-state index >= 15 is 0 Å². The van der Waals surface area contributed by atoms with Crippen molar-refractivity contribution in [2.45, 2.75) is 19.8 Å². The smallest absolute Gasteiger partial charge is 0.270 e. The molecule has 0 bridgehead atoms. The van der Waals surface area contributed by atoms with Gasteiger partial charge in [-0.2, -0.15) is 0 Å². The summed E-state index contributed by atoms with van der Waals surface area (Å²) in [6.07, 6.45) is 1.22. The maximum atomic E-state index is 10.6. The molecule has 4 heteroatoms. The van der Waals surface area contributed by atoms with E-state index < -0.39 is 4.92 Å². The Labute approximate surface area is 94.1 Å². The number of aryl methyl sites for hydroxylation is 1. The molecule has 0 atom stereocenters. The molecule has 84 valence electrons. The van der Waals surface area contributed by atoms with E-state index in [1.165, 1.54) is 12.1 Å². The Morgan fingerprint density at radius 3 is 2.88 bits per heavy atom. The highest BCUT2D eigenvalue weighted by molar-refractivity contribution is 5.47. The number of benzene rings is 1. The Hall–Kier alpha value is -1.86. The molecule has 16 heavy (non-hydrogen) atoms. The van der Waals surface area contributed by atoms with Crippen LogP contribution in [0.25, 0.3) is 0 Å². The molecular weight excluding hydrogens is 206 g/mol. The second kappa shape index (κ2) is 5.89. The number of unbranched alkanes of at least 4 members (excludes halogenated alkanes) is 1. The molecular formula is C12H13NO3. The first kappa shape index (κ1) is 12.2. The summed E-state index contributed by atoms with van der Waals surface area (Å²) in [5, 5.41) is 19.1. The van der Waals surface area contributed by atoms with E-state index in [0.717, 1.165) is 5.56 Å². The summed E-state index contributed by atoms with van der Waals surface area (Å²) < 4.78 is 0. The number of aliphatic hydroxyl groups is 1. The summed E-state index contributed by atoms with van der Waals surface area (Å²) in [6, 6.07) is 4.63. The predicted octanol–water partition coefficient (Wildman–Crippen LogP) is 2.03. The molecule has 0 aromatic heterocycles. The molecule has 0 aliphatic carbocycles.